The molecule has 21 heavy (non-hydrogen) atoms. The van der Waals surface area contributed by atoms with Crippen LogP contribution in [-0.2, 0) is 5.33 Å². The largest absolute Gasteiger partial charge is 0.356 e. The Labute approximate surface area is 132 Å². The molecule has 2 nitrogen and oxygen atoms in total. The van der Waals surface area contributed by atoms with Crippen LogP contribution in [0.15, 0.2) is 53.1 Å². The summed E-state index contributed by atoms with van der Waals surface area (Å²) in [5, 5.41) is 4.80. The topological polar surface area (TPSA) is 26.0 Å². The van der Waals surface area contributed by atoms with Gasteiger partial charge in [-0.05, 0) is 25.0 Å². The van der Waals surface area contributed by atoms with E-state index in [2.05, 4.69) is 76.5 Å². The Morgan fingerprint density at radius 3 is 1.95 bits per heavy atom. The maximum atomic E-state index is 5.45. The molecule has 0 amide bonds. The standard InChI is InChI=1S/C18H16BrNO/c1-12-3-5-14(6-4-12)15-7-9-16(10-8-15)18-17(11-19)13(2)20-21-18/h3-10H,11H2,1-2H3. The van der Waals surface area contributed by atoms with E-state index in [0.29, 0.717) is 0 Å². The van der Waals surface area contributed by atoms with Crippen LogP contribution in [0.3, 0.4) is 0 Å². The quantitative estimate of drug-likeness (QED) is 0.586. The number of alkyl halides is 1. The number of aromatic nitrogens is 1. The highest BCUT2D eigenvalue weighted by molar-refractivity contribution is 9.08. The maximum Gasteiger partial charge on any atom is 0.171 e. The molecular formula is C18H16BrNO. The Morgan fingerprint density at radius 2 is 1.38 bits per heavy atom. The molecule has 106 valence electrons. The van der Waals surface area contributed by atoms with Crippen molar-refractivity contribution in [2.45, 2.75) is 19.2 Å². The fraction of sp³-hybridized carbons (Fsp3) is 0.167. The zero-order chi connectivity index (χ0) is 14.8. The summed E-state index contributed by atoms with van der Waals surface area (Å²) in [6, 6.07) is 17.0. The summed E-state index contributed by atoms with van der Waals surface area (Å²) in [4.78, 5) is 0. The normalized spacial score (nSPS) is 10.8. The van der Waals surface area contributed by atoms with Crippen molar-refractivity contribution in [2.24, 2.45) is 0 Å². The fourth-order valence-electron chi connectivity index (χ4n) is 2.33. The molecule has 3 rings (SSSR count). The molecule has 0 aliphatic heterocycles. The molecule has 1 heterocycles. The lowest BCUT2D eigenvalue weighted by Crippen LogP contribution is -1.84. The van der Waals surface area contributed by atoms with Gasteiger partial charge in [0.05, 0.1) is 5.69 Å². The molecule has 0 aliphatic rings. The zero-order valence-electron chi connectivity index (χ0n) is 12.1. The smallest absolute Gasteiger partial charge is 0.171 e. The van der Waals surface area contributed by atoms with E-state index in [0.717, 1.165) is 27.9 Å². The van der Waals surface area contributed by atoms with Crippen molar-refractivity contribution in [3.8, 4) is 22.5 Å². The summed E-state index contributed by atoms with van der Waals surface area (Å²) in [6.07, 6.45) is 0. The predicted octanol–water partition coefficient (Wildman–Crippen LogP) is 5.52. The first-order valence-electron chi connectivity index (χ1n) is 6.87. The molecule has 0 atom stereocenters. The molecule has 2 aromatic carbocycles. The minimum Gasteiger partial charge on any atom is -0.356 e. The van der Waals surface area contributed by atoms with Gasteiger partial charge < -0.3 is 4.52 Å². The molecule has 0 saturated heterocycles. The summed E-state index contributed by atoms with van der Waals surface area (Å²) in [6.45, 7) is 4.06. The molecule has 0 aliphatic carbocycles. The Hall–Kier alpha value is -1.87. The highest BCUT2D eigenvalue weighted by Crippen LogP contribution is 2.30. The minimum absolute atomic E-state index is 0.747. The zero-order valence-corrected chi connectivity index (χ0v) is 13.6. The Bertz CT molecular complexity index is 742. The lowest BCUT2D eigenvalue weighted by atomic mass is 10.0. The number of aryl methyl sites for hydroxylation is 2. The molecular weight excluding hydrogens is 326 g/mol. The molecule has 0 unspecified atom stereocenters. The first-order valence-corrected chi connectivity index (χ1v) is 8.00. The van der Waals surface area contributed by atoms with E-state index in [-0.39, 0.29) is 0 Å². The first kappa shape index (κ1) is 14.1. The lowest BCUT2D eigenvalue weighted by Gasteiger charge is -2.04. The van der Waals surface area contributed by atoms with Crippen molar-refractivity contribution in [1.82, 2.24) is 5.16 Å². The van der Waals surface area contributed by atoms with Gasteiger partial charge in [0.2, 0.25) is 0 Å². The van der Waals surface area contributed by atoms with Crippen LogP contribution in [-0.4, -0.2) is 5.16 Å². The molecule has 0 N–H and O–H groups in total. The molecule has 0 radical (unpaired) electrons. The first-order chi connectivity index (χ1) is 10.2. The minimum atomic E-state index is 0.747. The van der Waals surface area contributed by atoms with Crippen LogP contribution in [0.2, 0.25) is 0 Å². The average Bonchev–Trinajstić information content (AvgIpc) is 2.89. The van der Waals surface area contributed by atoms with Crippen LogP contribution in [0.5, 0.6) is 0 Å². The van der Waals surface area contributed by atoms with Gasteiger partial charge in [0.1, 0.15) is 0 Å². The second-order valence-corrected chi connectivity index (χ2v) is 5.71. The van der Waals surface area contributed by atoms with E-state index in [4.69, 9.17) is 4.52 Å². The summed E-state index contributed by atoms with van der Waals surface area (Å²) < 4.78 is 5.45. The Morgan fingerprint density at radius 1 is 0.857 bits per heavy atom. The second kappa shape index (κ2) is 5.86. The van der Waals surface area contributed by atoms with E-state index in [1.807, 2.05) is 6.92 Å². The number of rotatable bonds is 3. The van der Waals surface area contributed by atoms with Gasteiger partial charge in [0.25, 0.3) is 0 Å². The number of nitrogens with zero attached hydrogens (tertiary/aromatic N) is 1. The van der Waals surface area contributed by atoms with Gasteiger partial charge in [-0.3, -0.25) is 0 Å². The summed E-state index contributed by atoms with van der Waals surface area (Å²) >= 11 is 3.49. The van der Waals surface area contributed by atoms with Crippen LogP contribution in [0.1, 0.15) is 16.8 Å². The number of hydrogen-bond acceptors (Lipinski definition) is 2. The van der Waals surface area contributed by atoms with E-state index < -0.39 is 0 Å². The second-order valence-electron chi connectivity index (χ2n) is 5.15. The van der Waals surface area contributed by atoms with E-state index >= 15 is 0 Å². The van der Waals surface area contributed by atoms with Gasteiger partial charge in [-0.25, -0.2) is 0 Å². The third-order valence-electron chi connectivity index (χ3n) is 3.65. The Kier molecular flexibility index (Phi) is 3.93. The van der Waals surface area contributed by atoms with Crippen molar-refractivity contribution in [1.29, 1.82) is 0 Å². The molecule has 0 saturated carbocycles. The van der Waals surface area contributed by atoms with Gasteiger partial charge in [-0.15, -0.1) is 0 Å². The highest BCUT2D eigenvalue weighted by Gasteiger charge is 2.13. The molecule has 1 aromatic heterocycles. The van der Waals surface area contributed by atoms with E-state index in [1.165, 1.54) is 16.7 Å². The molecule has 3 aromatic rings. The van der Waals surface area contributed by atoms with Crippen LogP contribution in [0.25, 0.3) is 22.5 Å². The predicted molar refractivity (Wildman–Crippen MR) is 89.5 cm³/mol. The van der Waals surface area contributed by atoms with Crippen LogP contribution in [0.4, 0.5) is 0 Å². The summed E-state index contributed by atoms with van der Waals surface area (Å²) in [5.74, 6) is 0.847. The maximum absolute atomic E-state index is 5.45. The van der Waals surface area contributed by atoms with Gasteiger partial charge in [0.15, 0.2) is 5.76 Å². The number of hydrogen-bond donors (Lipinski definition) is 0. The molecule has 0 fully saturated rings. The Balaban J connectivity index is 1.95. The van der Waals surface area contributed by atoms with Crippen LogP contribution < -0.4 is 0 Å². The van der Waals surface area contributed by atoms with Crippen molar-refractivity contribution in [3.63, 3.8) is 0 Å². The van der Waals surface area contributed by atoms with Crippen molar-refractivity contribution in [3.05, 3.63) is 65.4 Å². The van der Waals surface area contributed by atoms with Crippen molar-refractivity contribution < 1.29 is 4.52 Å². The monoisotopic (exact) mass is 341 g/mol. The lowest BCUT2D eigenvalue weighted by molar-refractivity contribution is 0.427. The van der Waals surface area contributed by atoms with Gasteiger partial charge in [0, 0.05) is 16.5 Å². The average molecular weight is 342 g/mol. The van der Waals surface area contributed by atoms with Crippen molar-refractivity contribution >= 4 is 15.9 Å². The SMILES string of the molecule is Cc1ccc(-c2ccc(-c3onc(C)c3CBr)cc2)cc1. The third-order valence-corrected chi connectivity index (χ3v) is 4.21. The van der Waals surface area contributed by atoms with Gasteiger partial charge in [-0.1, -0.05) is 75.2 Å². The van der Waals surface area contributed by atoms with Crippen molar-refractivity contribution in [2.75, 3.05) is 0 Å². The third kappa shape index (κ3) is 2.79. The van der Waals surface area contributed by atoms with Crippen LogP contribution in [0, 0.1) is 13.8 Å². The van der Waals surface area contributed by atoms with Gasteiger partial charge in [-0.2, -0.15) is 0 Å². The van der Waals surface area contributed by atoms with E-state index in [9.17, 15) is 0 Å². The fourth-order valence-corrected chi connectivity index (χ4v) is 2.99. The number of halogens is 1. The summed E-state index contributed by atoms with van der Waals surface area (Å²) in [5.41, 5.74) is 6.80. The molecule has 0 bridgehead atoms. The highest BCUT2D eigenvalue weighted by atomic mass is 79.9. The number of benzene rings is 2. The van der Waals surface area contributed by atoms with Crippen LogP contribution >= 0.6 is 15.9 Å². The van der Waals surface area contributed by atoms with E-state index in [1.54, 1.807) is 0 Å². The molecule has 3 heteroatoms. The summed E-state index contributed by atoms with van der Waals surface area (Å²) in [7, 11) is 0. The molecule has 0 spiro atoms. The van der Waals surface area contributed by atoms with Gasteiger partial charge >= 0.3 is 0 Å².